The van der Waals surface area contributed by atoms with Gasteiger partial charge in [0.25, 0.3) is 5.91 Å². The van der Waals surface area contributed by atoms with E-state index >= 15 is 0 Å². The van der Waals surface area contributed by atoms with E-state index in [-0.39, 0.29) is 18.4 Å². The predicted octanol–water partition coefficient (Wildman–Crippen LogP) is 1.54. The Morgan fingerprint density at radius 2 is 2.12 bits per heavy atom. The molecule has 2 N–H and O–H groups in total. The summed E-state index contributed by atoms with van der Waals surface area (Å²) in [6, 6.07) is 1.58. The van der Waals surface area contributed by atoms with E-state index in [1.165, 1.54) is 0 Å². The van der Waals surface area contributed by atoms with Gasteiger partial charge in [0, 0.05) is 0 Å². The second kappa shape index (κ2) is 6.42. The minimum atomic E-state index is -0.962. The number of imide groups is 1. The first-order chi connectivity index (χ1) is 11.1. The van der Waals surface area contributed by atoms with Gasteiger partial charge < -0.3 is 10.6 Å². The third-order valence-corrected chi connectivity index (χ3v) is 4.89. The Bertz CT molecular complexity index is 593. The Hall–Kier alpha value is -2.10. The highest BCUT2D eigenvalue weighted by atomic mass is 16.2. The number of nitrogens with zero attached hydrogens (tertiary/aromatic N) is 2. The lowest BCUT2D eigenvalue weighted by Crippen LogP contribution is -2.51. The summed E-state index contributed by atoms with van der Waals surface area (Å²) in [6.45, 7) is 7.12. The predicted molar refractivity (Wildman–Crippen MR) is 87.6 cm³/mol. The van der Waals surface area contributed by atoms with Gasteiger partial charge in [0.1, 0.15) is 17.6 Å². The van der Waals surface area contributed by atoms with Gasteiger partial charge >= 0.3 is 6.03 Å². The number of hydrogen-bond donors (Lipinski definition) is 2. The molecular formula is C17H26N4O3. The number of carbonyl (C=O) groups is 3. The van der Waals surface area contributed by atoms with Gasteiger partial charge in [-0.05, 0) is 51.4 Å². The Balaban J connectivity index is 1.99. The van der Waals surface area contributed by atoms with Crippen LogP contribution >= 0.6 is 0 Å². The monoisotopic (exact) mass is 334 g/mol. The molecule has 132 valence electrons. The molecule has 1 aliphatic heterocycles. The van der Waals surface area contributed by atoms with Crippen molar-refractivity contribution in [1.82, 2.24) is 15.5 Å². The van der Waals surface area contributed by atoms with E-state index in [1.54, 1.807) is 13.8 Å². The van der Waals surface area contributed by atoms with Crippen molar-refractivity contribution in [1.29, 1.82) is 5.26 Å². The fraction of sp³-hybridized carbons (Fsp3) is 0.765. The lowest BCUT2D eigenvalue weighted by molar-refractivity contribution is -0.135. The first-order valence-electron chi connectivity index (χ1n) is 8.47. The number of carbonyl (C=O) groups excluding carboxylic acids is 3. The van der Waals surface area contributed by atoms with Crippen molar-refractivity contribution in [2.24, 2.45) is 11.8 Å². The molecular weight excluding hydrogens is 308 g/mol. The lowest BCUT2D eigenvalue weighted by Gasteiger charge is -2.25. The molecule has 4 amide bonds. The number of urea groups is 1. The van der Waals surface area contributed by atoms with Crippen molar-refractivity contribution in [3.63, 3.8) is 0 Å². The van der Waals surface area contributed by atoms with Crippen LogP contribution in [0.1, 0.15) is 53.4 Å². The standard InChI is InChI=1S/C17H26N4O3/c1-11(2)7-8-16(3)14(23)21(15(24)20-16)9-13(22)19-17(4,10-18)12-5-6-12/h11-12H,5-9H2,1-4H3,(H,19,22)(H,20,24)/t16-,17+/m1/s1. The first kappa shape index (κ1) is 18.2. The Kier molecular flexibility index (Phi) is 4.88. The molecule has 1 saturated heterocycles. The molecule has 24 heavy (non-hydrogen) atoms. The third kappa shape index (κ3) is 3.69. The van der Waals surface area contributed by atoms with E-state index in [0.29, 0.717) is 12.3 Å². The molecule has 2 fully saturated rings. The number of rotatable bonds is 7. The largest absolute Gasteiger partial charge is 0.336 e. The van der Waals surface area contributed by atoms with Crippen molar-refractivity contribution in [3.8, 4) is 6.07 Å². The molecule has 2 aliphatic rings. The molecule has 0 aromatic carbocycles. The third-order valence-electron chi connectivity index (χ3n) is 4.89. The molecule has 0 unspecified atom stereocenters. The maximum Gasteiger partial charge on any atom is 0.325 e. The van der Waals surface area contributed by atoms with Crippen LogP contribution in [0, 0.1) is 23.2 Å². The fourth-order valence-corrected chi connectivity index (χ4v) is 2.99. The van der Waals surface area contributed by atoms with Gasteiger partial charge in [0.15, 0.2) is 0 Å². The van der Waals surface area contributed by atoms with Crippen LogP contribution in [0.25, 0.3) is 0 Å². The number of amides is 4. The Labute approximate surface area is 142 Å². The van der Waals surface area contributed by atoms with Crippen molar-refractivity contribution >= 4 is 17.8 Å². The van der Waals surface area contributed by atoms with Crippen molar-refractivity contribution in [3.05, 3.63) is 0 Å². The zero-order valence-corrected chi connectivity index (χ0v) is 14.8. The van der Waals surface area contributed by atoms with Gasteiger partial charge in [0.2, 0.25) is 5.91 Å². The van der Waals surface area contributed by atoms with Crippen LogP contribution in [0.15, 0.2) is 0 Å². The summed E-state index contributed by atoms with van der Waals surface area (Å²) in [4.78, 5) is 37.9. The zero-order chi connectivity index (χ0) is 18.1. The highest BCUT2D eigenvalue weighted by Gasteiger charge is 2.49. The Morgan fingerprint density at radius 1 is 1.50 bits per heavy atom. The van der Waals surface area contributed by atoms with E-state index in [2.05, 4.69) is 30.6 Å². The lowest BCUT2D eigenvalue weighted by atomic mass is 9.92. The zero-order valence-electron chi connectivity index (χ0n) is 14.8. The topological polar surface area (TPSA) is 102 Å². The summed E-state index contributed by atoms with van der Waals surface area (Å²) in [7, 11) is 0. The van der Waals surface area contributed by atoms with Crippen LogP contribution in [0.5, 0.6) is 0 Å². The van der Waals surface area contributed by atoms with Crippen LogP contribution < -0.4 is 10.6 Å². The minimum Gasteiger partial charge on any atom is -0.336 e. The SMILES string of the molecule is CC(C)CC[C@@]1(C)NC(=O)N(CC(=O)N[C@@](C)(C#N)C2CC2)C1=O. The van der Waals surface area contributed by atoms with Crippen molar-refractivity contribution in [2.75, 3.05) is 6.54 Å². The van der Waals surface area contributed by atoms with E-state index in [4.69, 9.17) is 0 Å². The van der Waals surface area contributed by atoms with Gasteiger partial charge in [0.05, 0.1) is 6.07 Å². The molecule has 0 bridgehead atoms. The van der Waals surface area contributed by atoms with Gasteiger partial charge in [-0.2, -0.15) is 5.26 Å². The van der Waals surface area contributed by atoms with Gasteiger partial charge in [-0.15, -0.1) is 0 Å². The van der Waals surface area contributed by atoms with Crippen LogP contribution in [-0.2, 0) is 9.59 Å². The first-order valence-corrected chi connectivity index (χ1v) is 8.47. The second-order valence-corrected chi connectivity index (χ2v) is 7.72. The maximum atomic E-state index is 12.6. The average Bonchev–Trinajstić information content (AvgIpc) is 3.32. The van der Waals surface area contributed by atoms with Gasteiger partial charge in [-0.3, -0.25) is 14.5 Å². The molecule has 2 atom stereocenters. The van der Waals surface area contributed by atoms with E-state index in [9.17, 15) is 19.6 Å². The summed E-state index contributed by atoms with van der Waals surface area (Å²) in [5.41, 5.74) is -1.89. The quantitative estimate of drug-likeness (QED) is 0.689. The summed E-state index contributed by atoms with van der Waals surface area (Å²) < 4.78 is 0. The molecule has 7 heteroatoms. The number of nitriles is 1. The van der Waals surface area contributed by atoms with Crippen LogP contribution in [0.3, 0.4) is 0 Å². The molecule has 1 aliphatic carbocycles. The molecule has 2 rings (SSSR count). The summed E-state index contributed by atoms with van der Waals surface area (Å²) in [5.74, 6) is -0.305. The molecule has 7 nitrogen and oxygen atoms in total. The van der Waals surface area contributed by atoms with Gasteiger partial charge in [-0.1, -0.05) is 13.8 Å². The molecule has 0 radical (unpaired) electrons. The highest BCUT2D eigenvalue weighted by molar-refractivity contribution is 6.08. The van der Waals surface area contributed by atoms with Crippen molar-refractivity contribution in [2.45, 2.75) is 64.5 Å². The Morgan fingerprint density at radius 3 is 2.62 bits per heavy atom. The summed E-state index contributed by atoms with van der Waals surface area (Å²) in [5, 5.41) is 14.7. The summed E-state index contributed by atoms with van der Waals surface area (Å²) in [6.07, 6.45) is 3.14. The second-order valence-electron chi connectivity index (χ2n) is 7.72. The van der Waals surface area contributed by atoms with Crippen LogP contribution in [-0.4, -0.2) is 40.4 Å². The van der Waals surface area contributed by atoms with E-state index < -0.39 is 23.0 Å². The minimum absolute atomic E-state index is 0.144. The summed E-state index contributed by atoms with van der Waals surface area (Å²) >= 11 is 0. The van der Waals surface area contributed by atoms with Crippen LogP contribution in [0.2, 0.25) is 0 Å². The fourth-order valence-electron chi connectivity index (χ4n) is 2.99. The van der Waals surface area contributed by atoms with E-state index in [1.807, 2.05) is 0 Å². The average molecular weight is 334 g/mol. The van der Waals surface area contributed by atoms with Gasteiger partial charge in [-0.25, -0.2) is 4.79 Å². The smallest absolute Gasteiger partial charge is 0.325 e. The molecule has 0 spiro atoms. The maximum absolute atomic E-state index is 12.6. The normalized spacial score (nSPS) is 26.1. The molecule has 0 aromatic rings. The molecule has 0 aromatic heterocycles. The highest BCUT2D eigenvalue weighted by Crippen LogP contribution is 2.39. The molecule has 1 saturated carbocycles. The number of nitrogens with one attached hydrogen (secondary N) is 2. The van der Waals surface area contributed by atoms with Crippen molar-refractivity contribution < 1.29 is 14.4 Å². The number of hydrogen-bond acceptors (Lipinski definition) is 4. The molecule has 1 heterocycles. The van der Waals surface area contributed by atoms with E-state index in [0.717, 1.165) is 24.2 Å². The van der Waals surface area contributed by atoms with Crippen LogP contribution in [0.4, 0.5) is 4.79 Å².